The van der Waals surface area contributed by atoms with Crippen molar-refractivity contribution in [3.05, 3.63) is 35.6 Å². The number of hydrogen-bond acceptors (Lipinski definition) is 1. The van der Waals surface area contributed by atoms with Gasteiger partial charge < -0.3 is 5.73 Å². The van der Waals surface area contributed by atoms with E-state index in [9.17, 15) is 4.39 Å². The summed E-state index contributed by atoms with van der Waals surface area (Å²) in [6.45, 7) is 0. The van der Waals surface area contributed by atoms with Crippen molar-refractivity contribution >= 4 is 0 Å². The predicted octanol–water partition coefficient (Wildman–Crippen LogP) is 2.80. The molecule has 80 valence electrons. The number of fused-ring (bicyclic) bond motifs is 2. The molecular weight excluding hydrogens is 189 g/mol. The van der Waals surface area contributed by atoms with Gasteiger partial charge in [-0.3, -0.25) is 0 Å². The van der Waals surface area contributed by atoms with E-state index >= 15 is 0 Å². The maximum absolute atomic E-state index is 13.7. The highest BCUT2D eigenvalue weighted by Gasteiger charge is 2.50. The van der Waals surface area contributed by atoms with Gasteiger partial charge in [0, 0.05) is 11.1 Å². The Balaban J connectivity index is 2.04. The third kappa shape index (κ3) is 1.24. The predicted molar refractivity (Wildman–Crippen MR) is 57.7 cm³/mol. The fourth-order valence-corrected chi connectivity index (χ4v) is 3.54. The van der Waals surface area contributed by atoms with Crippen LogP contribution < -0.4 is 5.73 Å². The lowest BCUT2D eigenvalue weighted by Gasteiger charge is -2.34. The Kier molecular flexibility index (Phi) is 1.90. The van der Waals surface area contributed by atoms with E-state index in [2.05, 4.69) is 0 Å². The third-order valence-electron chi connectivity index (χ3n) is 4.27. The molecule has 2 heteroatoms. The van der Waals surface area contributed by atoms with Crippen LogP contribution in [0.15, 0.2) is 24.3 Å². The molecule has 1 nitrogen and oxygen atoms in total. The summed E-state index contributed by atoms with van der Waals surface area (Å²) in [5.41, 5.74) is 6.78. The highest BCUT2D eigenvalue weighted by Crippen LogP contribution is 2.54. The Morgan fingerprint density at radius 2 is 2.07 bits per heavy atom. The molecule has 2 bridgehead atoms. The largest absolute Gasteiger partial charge is 0.321 e. The lowest BCUT2D eigenvalue weighted by atomic mass is 9.76. The molecule has 3 unspecified atom stereocenters. The first-order chi connectivity index (χ1) is 7.20. The van der Waals surface area contributed by atoms with Gasteiger partial charge in [0.05, 0.1) is 0 Å². The van der Waals surface area contributed by atoms with E-state index in [0.29, 0.717) is 5.92 Å². The van der Waals surface area contributed by atoms with E-state index in [4.69, 9.17) is 5.73 Å². The van der Waals surface area contributed by atoms with E-state index in [-0.39, 0.29) is 11.4 Å². The molecule has 0 radical (unpaired) electrons. The van der Waals surface area contributed by atoms with Crippen molar-refractivity contribution in [1.29, 1.82) is 0 Å². The van der Waals surface area contributed by atoms with Gasteiger partial charge in [-0.05, 0) is 37.2 Å². The molecule has 3 atom stereocenters. The zero-order valence-corrected chi connectivity index (χ0v) is 8.75. The highest BCUT2D eigenvalue weighted by molar-refractivity contribution is 5.29. The highest BCUT2D eigenvalue weighted by atomic mass is 19.1. The van der Waals surface area contributed by atoms with E-state index in [1.807, 2.05) is 12.1 Å². The minimum absolute atomic E-state index is 0.132. The summed E-state index contributed by atoms with van der Waals surface area (Å²) in [5, 5.41) is 0. The van der Waals surface area contributed by atoms with Crippen LogP contribution in [0.5, 0.6) is 0 Å². The molecule has 0 amide bonds. The van der Waals surface area contributed by atoms with E-state index in [1.165, 1.54) is 25.3 Å². The standard InChI is InChI=1S/C13H16FN/c14-12-4-2-1-3-11(12)13(15)8-9-5-6-10(13)7-9/h1-4,9-10H,5-8,15H2. The van der Waals surface area contributed by atoms with Crippen LogP contribution in [0, 0.1) is 17.7 Å². The fraction of sp³-hybridized carbons (Fsp3) is 0.538. The SMILES string of the molecule is NC1(c2ccccc2F)CC2CCC1C2. The van der Waals surface area contributed by atoms with Crippen molar-refractivity contribution in [2.24, 2.45) is 17.6 Å². The van der Waals surface area contributed by atoms with Gasteiger partial charge in [0.2, 0.25) is 0 Å². The average molecular weight is 205 g/mol. The molecule has 0 heterocycles. The van der Waals surface area contributed by atoms with Crippen LogP contribution in [0.3, 0.4) is 0 Å². The molecule has 2 aliphatic rings. The number of hydrogen-bond donors (Lipinski definition) is 1. The van der Waals surface area contributed by atoms with Gasteiger partial charge in [-0.1, -0.05) is 24.6 Å². The van der Waals surface area contributed by atoms with Crippen molar-refractivity contribution in [1.82, 2.24) is 0 Å². The van der Waals surface area contributed by atoms with Crippen LogP contribution >= 0.6 is 0 Å². The number of rotatable bonds is 1. The summed E-state index contributed by atoms with van der Waals surface area (Å²) >= 11 is 0. The molecule has 1 aromatic carbocycles. The molecule has 0 spiro atoms. The molecule has 2 fully saturated rings. The quantitative estimate of drug-likeness (QED) is 0.749. The Morgan fingerprint density at radius 3 is 2.67 bits per heavy atom. The Morgan fingerprint density at radius 1 is 1.27 bits per heavy atom. The second-order valence-electron chi connectivity index (χ2n) is 5.10. The molecule has 2 saturated carbocycles. The number of nitrogens with two attached hydrogens (primary N) is 1. The van der Waals surface area contributed by atoms with Crippen LogP contribution in [0.1, 0.15) is 31.2 Å². The molecule has 15 heavy (non-hydrogen) atoms. The second kappa shape index (κ2) is 3.05. The van der Waals surface area contributed by atoms with Crippen LogP contribution in [0.4, 0.5) is 4.39 Å². The van der Waals surface area contributed by atoms with Crippen molar-refractivity contribution < 1.29 is 4.39 Å². The minimum Gasteiger partial charge on any atom is -0.321 e. The summed E-state index contributed by atoms with van der Waals surface area (Å²) in [5.74, 6) is 1.10. The first-order valence-electron chi connectivity index (χ1n) is 5.74. The number of halogens is 1. The summed E-state index contributed by atoms with van der Waals surface area (Å²) in [4.78, 5) is 0. The van der Waals surface area contributed by atoms with E-state index < -0.39 is 0 Å². The van der Waals surface area contributed by atoms with Gasteiger partial charge >= 0.3 is 0 Å². The Labute approximate surface area is 89.5 Å². The summed E-state index contributed by atoms with van der Waals surface area (Å²) < 4.78 is 13.7. The zero-order chi connectivity index (χ0) is 10.5. The fourth-order valence-electron chi connectivity index (χ4n) is 3.54. The van der Waals surface area contributed by atoms with Crippen molar-refractivity contribution in [2.45, 2.75) is 31.2 Å². The van der Waals surface area contributed by atoms with Crippen LogP contribution in [0.25, 0.3) is 0 Å². The average Bonchev–Trinajstić information content (AvgIpc) is 2.78. The van der Waals surface area contributed by atoms with Gasteiger partial charge in [-0.2, -0.15) is 0 Å². The maximum atomic E-state index is 13.7. The third-order valence-corrected chi connectivity index (χ3v) is 4.27. The van der Waals surface area contributed by atoms with Crippen molar-refractivity contribution in [3.63, 3.8) is 0 Å². The topological polar surface area (TPSA) is 26.0 Å². The molecule has 2 aliphatic carbocycles. The lowest BCUT2D eigenvalue weighted by Crippen LogP contribution is -2.42. The zero-order valence-electron chi connectivity index (χ0n) is 8.75. The normalized spacial score (nSPS) is 38.5. The Bertz CT molecular complexity index is 390. The first kappa shape index (κ1) is 9.34. The second-order valence-corrected chi connectivity index (χ2v) is 5.10. The Hall–Kier alpha value is -0.890. The molecule has 0 aromatic heterocycles. The van der Waals surface area contributed by atoms with E-state index in [0.717, 1.165) is 17.9 Å². The number of benzene rings is 1. The maximum Gasteiger partial charge on any atom is 0.128 e. The molecule has 0 aliphatic heterocycles. The van der Waals surface area contributed by atoms with Gasteiger partial charge in [0.1, 0.15) is 5.82 Å². The first-order valence-corrected chi connectivity index (χ1v) is 5.74. The van der Waals surface area contributed by atoms with Gasteiger partial charge in [0.15, 0.2) is 0 Å². The van der Waals surface area contributed by atoms with E-state index in [1.54, 1.807) is 6.07 Å². The molecule has 3 rings (SSSR count). The van der Waals surface area contributed by atoms with Gasteiger partial charge in [-0.15, -0.1) is 0 Å². The summed E-state index contributed by atoms with van der Waals surface area (Å²) in [7, 11) is 0. The van der Waals surface area contributed by atoms with Crippen molar-refractivity contribution in [2.75, 3.05) is 0 Å². The molecule has 0 saturated heterocycles. The molecular formula is C13H16FN. The molecule has 1 aromatic rings. The van der Waals surface area contributed by atoms with Crippen LogP contribution in [-0.2, 0) is 5.54 Å². The molecule has 2 N–H and O–H groups in total. The van der Waals surface area contributed by atoms with Gasteiger partial charge in [0.25, 0.3) is 0 Å². The lowest BCUT2D eigenvalue weighted by molar-refractivity contribution is 0.267. The van der Waals surface area contributed by atoms with Gasteiger partial charge in [-0.25, -0.2) is 4.39 Å². The smallest absolute Gasteiger partial charge is 0.128 e. The van der Waals surface area contributed by atoms with Crippen molar-refractivity contribution in [3.8, 4) is 0 Å². The minimum atomic E-state index is -0.381. The summed E-state index contributed by atoms with van der Waals surface area (Å²) in [6.07, 6.45) is 4.64. The summed E-state index contributed by atoms with van der Waals surface area (Å²) in [6, 6.07) is 7.00. The van der Waals surface area contributed by atoms with Crippen LogP contribution in [-0.4, -0.2) is 0 Å². The monoisotopic (exact) mass is 205 g/mol. The van der Waals surface area contributed by atoms with Crippen LogP contribution in [0.2, 0.25) is 0 Å².